The predicted octanol–water partition coefficient (Wildman–Crippen LogP) is 1.11. The topological polar surface area (TPSA) is 83.6 Å². The summed E-state index contributed by atoms with van der Waals surface area (Å²) in [5, 5.41) is 8.92. The average molecular weight is 300 g/mol. The number of hydrogen-bond acceptors (Lipinski definition) is 4. The molecule has 0 radical (unpaired) electrons. The van der Waals surface area contributed by atoms with Gasteiger partial charge in [-0.05, 0) is 44.9 Å². The molecular formula is C14H24N2O3S. The van der Waals surface area contributed by atoms with Crippen molar-refractivity contribution in [1.29, 1.82) is 0 Å². The monoisotopic (exact) mass is 300 g/mol. The molecule has 0 aliphatic carbocycles. The van der Waals surface area contributed by atoms with Crippen molar-refractivity contribution in [3.63, 3.8) is 0 Å². The van der Waals surface area contributed by atoms with E-state index in [0.717, 1.165) is 18.4 Å². The SMILES string of the molecule is Cc1ccc(S(=O)(=O)N(CCCO)CCCCN)cc1. The van der Waals surface area contributed by atoms with Crippen molar-refractivity contribution in [3.05, 3.63) is 29.8 Å². The summed E-state index contributed by atoms with van der Waals surface area (Å²) in [6.07, 6.45) is 1.96. The number of benzene rings is 1. The Morgan fingerprint density at radius 3 is 2.25 bits per heavy atom. The summed E-state index contributed by atoms with van der Waals surface area (Å²) in [4.78, 5) is 0.300. The van der Waals surface area contributed by atoms with Gasteiger partial charge in [0.2, 0.25) is 10.0 Å². The Morgan fingerprint density at radius 1 is 1.10 bits per heavy atom. The molecule has 5 nitrogen and oxygen atoms in total. The minimum absolute atomic E-state index is 0.0171. The highest BCUT2D eigenvalue weighted by Crippen LogP contribution is 2.17. The van der Waals surface area contributed by atoms with Crippen LogP contribution in [0.1, 0.15) is 24.8 Å². The molecule has 6 heteroatoms. The van der Waals surface area contributed by atoms with Gasteiger partial charge in [0.25, 0.3) is 0 Å². The molecule has 0 bridgehead atoms. The molecule has 0 spiro atoms. The molecule has 1 rings (SSSR count). The van der Waals surface area contributed by atoms with E-state index in [9.17, 15) is 8.42 Å². The first-order valence-electron chi connectivity index (χ1n) is 6.90. The molecule has 114 valence electrons. The lowest BCUT2D eigenvalue weighted by atomic mass is 10.2. The Bertz CT molecular complexity index is 486. The Balaban J connectivity index is 2.88. The molecule has 0 amide bonds. The van der Waals surface area contributed by atoms with E-state index in [1.165, 1.54) is 4.31 Å². The number of aliphatic hydroxyl groups excluding tert-OH is 1. The van der Waals surface area contributed by atoms with Gasteiger partial charge in [0.15, 0.2) is 0 Å². The molecule has 1 aromatic carbocycles. The molecule has 20 heavy (non-hydrogen) atoms. The van der Waals surface area contributed by atoms with Gasteiger partial charge in [-0.15, -0.1) is 0 Å². The molecule has 0 unspecified atom stereocenters. The molecule has 0 heterocycles. The summed E-state index contributed by atoms with van der Waals surface area (Å²) in [7, 11) is -3.49. The Labute approximate surface area is 121 Å². The summed E-state index contributed by atoms with van der Waals surface area (Å²) in [5.41, 5.74) is 6.47. The van der Waals surface area contributed by atoms with Crippen molar-refractivity contribution in [2.75, 3.05) is 26.2 Å². The zero-order valence-corrected chi connectivity index (χ0v) is 12.8. The zero-order chi connectivity index (χ0) is 15.0. The molecule has 0 aromatic heterocycles. The third kappa shape index (κ3) is 4.86. The number of unbranched alkanes of at least 4 members (excludes halogenated alkanes) is 1. The Hall–Kier alpha value is -0.950. The van der Waals surface area contributed by atoms with Gasteiger partial charge in [0, 0.05) is 19.7 Å². The molecule has 0 atom stereocenters. The highest BCUT2D eigenvalue weighted by atomic mass is 32.2. The van der Waals surface area contributed by atoms with Gasteiger partial charge in [-0.2, -0.15) is 4.31 Å². The Morgan fingerprint density at radius 2 is 1.70 bits per heavy atom. The van der Waals surface area contributed by atoms with E-state index in [4.69, 9.17) is 10.8 Å². The second-order valence-electron chi connectivity index (χ2n) is 4.79. The quantitative estimate of drug-likeness (QED) is 0.669. The molecular weight excluding hydrogens is 276 g/mol. The van der Waals surface area contributed by atoms with Crippen molar-refractivity contribution in [1.82, 2.24) is 4.31 Å². The Kier molecular flexibility index (Phi) is 7.15. The summed E-state index contributed by atoms with van der Waals surface area (Å²) in [6, 6.07) is 6.83. The fraction of sp³-hybridized carbons (Fsp3) is 0.571. The lowest BCUT2D eigenvalue weighted by molar-refractivity contribution is 0.268. The first kappa shape index (κ1) is 17.1. The minimum atomic E-state index is -3.49. The van der Waals surface area contributed by atoms with Crippen LogP contribution >= 0.6 is 0 Å². The van der Waals surface area contributed by atoms with Crippen LogP contribution < -0.4 is 5.73 Å². The first-order chi connectivity index (χ1) is 9.52. The molecule has 3 N–H and O–H groups in total. The lowest BCUT2D eigenvalue weighted by Gasteiger charge is -2.22. The predicted molar refractivity (Wildman–Crippen MR) is 79.9 cm³/mol. The largest absolute Gasteiger partial charge is 0.396 e. The number of hydrogen-bond donors (Lipinski definition) is 2. The maximum Gasteiger partial charge on any atom is 0.243 e. The number of sulfonamides is 1. The second-order valence-corrected chi connectivity index (χ2v) is 6.73. The van der Waals surface area contributed by atoms with Crippen molar-refractivity contribution in [2.45, 2.75) is 31.1 Å². The van der Waals surface area contributed by atoms with Crippen LogP contribution in [0.25, 0.3) is 0 Å². The van der Waals surface area contributed by atoms with E-state index in [1.54, 1.807) is 24.3 Å². The lowest BCUT2D eigenvalue weighted by Crippen LogP contribution is -2.33. The van der Waals surface area contributed by atoms with Crippen LogP contribution in [-0.4, -0.2) is 44.1 Å². The van der Waals surface area contributed by atoms with Gasteiger partial charge in [-0.3, -0.25) is 0 Å². The second kappa shape index (κ2) is 8.36. The van der Waals surface area contributed by atoms with E-state index < -0.39 is 10.0 Å². The van der Waals surface area contributed by atoms with Crippen molar-refractivity contribution in [2.24, 2.45) is 5.73 Å². The fourth-order valence-electron chi connectivity index (χ4n) is 1.89. The van der Waals surface area contributed by atoms with E-state index >= 15 is 0 Å². The van der Waals surface area contributed by atoms with Crippen molar-refractivity contribution in [3.8, 4) is 0 Å². The summed E-state index contributed by atoms with van der Waals surface area (Å²) in [5.74, 6) is 0. The van der Waals surface area contributed by atoms with Gasteiger partial charge >= 0.3 is 0 Å². The molecule has 0 fully saturated rings. The molecule has 0 saturated heterocycles. The van der Waals surface area contributed by atoms with Crippen molar-refractivity contribution < 1.29 is 13.5 Å². The van der Waals surface area contributed by atoms with Gasteiger partial charge in [0.1, 0.15) is 0 Å². The minimum Gasteiger partial charge on any atom is -0.396 e. The highest BCUT2D eigenvalue weighted by Gasteiger charge is 2.23. The van der Waals surface area contributed by atoms with E-state index in [1.807, 2.05) is 6.92 Å². The average Bonchev–Trinajstić information content (AvgIpc) is 2.43. The molecule has 0 saturated carbocycles. The third-order valence-corrected chi connectivity index (χ3v) is 5.00. The van der Waals surface area contributed by atoms with Crippen LogP contribution in [0.5, 0.6) is 0 Å². The van der Waals surface area contributed by atoms with Crippen LogP contribution in [0.15, 0.2) is 29.2 Å². The standard InChI is InChI=1S/C14H24N2O3S/c1-13-5-7-14(8-6-13)20(18,19)16(11-4-12-17)10-3-2-9-15/h5-8,17H,2-4,9-12,15H2,1H3. The normalized spacial score (nSPS) is 12.0. The van der Waals surface area contributed by atoms with Crippen LogP contribution in [0.3, 0.4) is 0 Å². The van der Waals surface area contributed by atoms with Gasteiger partial charge in [-0.1, -0.05) is 17.7 Å². The summed E-state index contributed by atoms with van der Waals surface area (Å²) in [6.45, 7) is 3.22. The maximum atomic E-state index is 12.6. The highest BCUT2D eigenvalue weighted by molar-refractivity contribution is 7.89. The van der Waals surface area contributed by atoms with Crippen LogP contribution in [0.2, 0.25) is 0 Å². The number of rotatable bonds is 9. The van der Waals surface area contributed by atoms with Crippen LogP contribution in [-0.2, 0) is 10.0 Å². The van der Waals surface area contributed by atoms with Crippen LogP contribution in [0.4, 0.5) is 0 Å². The number of aliphatic hydroxyl groups is 1. The van der Waals surface area contributed by atoms with E-state index in [0.29, 0.717) is 31.0 Å². The smallest absolute Gasteiger partial charge is 0.243 e. The van der Waals surface area contributed by atoms with Gasteiger partial charge < -0.3 is 10.8 Å². The van der Waals surface area contributed by atoms with Gasteiger partial charge in [0.05, 0.1) is 4.90 Å². The van der Waals surface area contributed by atoms with Crippen LogP contribution in [0, 0.1) is 6.92 Å². The van der Waals surface area contributed by atoms with Gasteiger partial charge in [-0.25, -0.2) is 8.42 Å². The molecule has 1 aromatic rings. The first-order valence-corrected chi connectivity index (χ1v) is 8.34. The number of nitrogens with two attached hydrogens (primary N) is 1. The molecule has 0 aliphatic rings. The number of nitrogens with zero attached hydrogens (tertiary/aromatic N) is 1. The zero-order valence-electron chi connectivity index (χ0n) is 12.0. The molecule has 0 aliphatic heterocycles. The maximum absolute atomic E-state index is 12.6. The summed E-state index contributed by atoms with van der Waals surface area (Å²) < 4.78 is 26.5. The number of aryl methyl sites for hydroxylation is 1. The van der Waals surface area contributed by atoms with Crippen molar-refractivity contribution >= 4 is 10.0 Å². The third-order valence-electron chi connectivity index (χ3n) is 3.09. The summed E-state index contributed by atoms with van der Waals surface area (Å²) >= 11 is 0. The fourth-order valence-corrected chi connectivity index (χ4v) is 3.41. The van der Waals surface area contributed by atoms with E-state index in [-0.39, 0.29) is 6.61 Å². The van der Waals surface area contributed by atoms with E-state index in [2.05, 4.69) is 0 Å².